The molecule has 0 radical (unpaired) electrons. The summed E-state index contributed by atoms with van der Waals surface area (Å²) in [6.45, 7) is 14.4. The van der Waals surface area contributed by atoms with Gasteiger partial charge in [0.2, 0.25) is 23.4 Å². The average molecular weight is 873 g/mol. The highest BCUT2D eigenvalue weighted by Crippen LogP contribution is 2.32. The Kier molecular flexibility index (Phi) is 17.7. The number of methoxy groups -OCH3 is 2. The molecule has 4 rings (SSSR count). The number of carbonyl (C=O) groups excluding carboxylic acids is 5. The molecule has 3 heterocycles. The van der Waals surface area contributed by atoms with Gasteiger partial charge in [0.1, 0.15) is 16.7 Å². The van der Waals surface area contributed by atoms with Crippen molar-refractivity contribution in [3.8, 4) is 0 Å². The molecule has 340 valence electrons. The number of carbonyl (C=O) groups is 5. The molecular formula is C45H69FN6O8S. The van der Waals surface area contributed by atoms with Gasteiger partial charge >= 0.3 is 6.09 Å². The third-order valence-electron chi connectivity index (χ3n) is 12.1. The number of aromatic nitrogens is 1. The Labute approximate surface area is 365 Å². The fourth-order valence-corrected chi connectivity index (χ4v) is 9.20. The van der Waals surface area contributed by atoms with Crippen LogP contribution in [0.1, 0.15) is 104 Å². The number of nitrogens with one attached hydrogen (secondary N) is 2. The number of amides is 5. The molecule has 2 N–H and O–H groups in total. The molecule has 2 aliphatic rings. The molecule has 61 heavy (non-hydrogen) atoms. The normalized spacial score (nSPS) is 21.6. The Morgan fingerprint density at radius 1 is 1.03 bits per heavy atom. The van der Waals surface area contributed by atoms with Crippen LogP contribution in [0.4, 0.5) is 9.18 Å². The lowest BCUT2D eigenvalue weighted by Crippen LogP contribution is -2.60. The van der Waals surface area contributed by atoms with E-state index in [1.165, 1.54) is 28.2 Å². The van der Waals surface area contributed by atoms with Crippen LogP contribution in [0.25, 0.3) is 0 Å². The van der Waals surface area contributed by atoms with Gasteiger partial charge in [-0.2, -0.15) is 0 Å². The largest absolute Gasteiger partial charge is 0.444 e. The minimum Gasteiger partial charge on any atom is -0.444 e. The van der Waals surface area contributed by atoms with Gasteiger partial charge in [-0.15, -0.1) is 11.3 Å². The number of ether oxygens (including phenoxy) is 3. The maximum Gasteiger partial charge on any atom is 0.410 e. The number of nitrogens with zero attached hydrogens (tertiary/aromatic N) is 4. The molecule has 5 amide bonds. The number of hydrogen-bond donors (Lipinski definition) is 2. The van der Waals surface area contributed by atoms with Crippen molar-refractivity contribution in [1.82, 2.24) is 30.3 Å². The Morgan fingerprint density at radius 2 is 1.72 bits per heavy atom. The number of alkyl halides is 1. The van der Waals surface area contributed by atoms with Crippen molar-refractivity contribution < 1.29 is 42.6 Å². The van der Waals surface area contributed by atoms with Crippen LogP contribution >= 0.6 is 11.3 Å². The zero-order valence-corrected chi connectivity index (χ0v) is 38.8. The standard InChI is InChI=1S/C45H69FN6O8S/c1-12-29(4)37(50(9)41(55)36(28(2)3)49-42(56)45(46)20-23-51(27-45)43(57)60-44(6,7)8)34(58-10)26-35(53)52-22-16-19-33(52)38(59-11)30(5)39(54)48-32(40-47-21-24-61-40)25-31-17-14-13-15-18-31/h13-15,17-18,21,24,28-30,32-34,36-38H,12,16,19-20,22-23,25-27H2,1-11H3,(H,48,54)(H,49,56)/t29-,30+,32-,33-,34+,36-,37-,38+,45+/m0/s1. The van der Waals surface area contributed by atoms with Crippen molar-refractivity contribution in [2.45, 2.75) is 142 Å². The average Bonchev–Trinajstić information content (AvgIpc) is 4.01. The molecule has 1 aromatic carbocycles. The van der Waals surface area contributed by atoms with Gasteiger partial charge in [-0.1, -0.05) is 71.4 Å². The van der Waals surface area contributed by atoms with E-state index in [4.69, 9.17) is 14.2 Å². The molecule has 0 bridgehead atoms. The summed E-state index contributed by atoms with van der Waals surface area (Å²) in [4.78, 5) is 77.8. The number of benzene rings is 1. The summed E-state index contributed by atoms with van der Waals surface area (Å²) >= 11 is 1.48. The minimum atomic E-state index is -2.41. The molecule has 0 unspecified atom stereocenters. The summed E-state index contributed by atoms with van der Waals surface area (Å²) in [6, 6.07) is 7.52. The van der Waals surface area contributed by atoms with Crippen molar-refractivity contribution in [2.75, 3.05) is 40.9 Å². The van der Waals surface area contributed by atoms with E-state index in [0.29, 0.717) is 25.8 Å². The van der Waals surface area contributed by atoms with Crippen LogP contribution in [0, 0.1) is 17.8 Å². The topological polar surface area (TPSA) is 160 Å². The smallest absolute Gasteiger partial charge is 0.410 e. The van der Waals surface area contributed by atoms with Crippen LogP contribution < -0.4 is 10.6 Å². The van der Waals surface area contributed by atoms with Crippen molar-refractivity contribution in [1.29, 1.82) is 0 Å². The first kappa shape index (κ1) is 49.5. The Morgan fingerprint density at radius 3 is 2.30 bits per heavy atom. The number of hydrogen-bond acceptors (Lipinski definition) is 10. The highest BCUT2D eigenvalue weighted by molar-refractivity contribution is 7.09. The third kappa shape index (κ3) is 12.7. The zero-order valence-electron chi connectivity index (χ0n) is 37.9. The second-order valence-electron chi connectivity index (χ2n) is 18.0. The summed E-state index contributed by atoms with van der Waals surface area (Å²) in [5.74, 6) is -2.96. The molecule has 1 aromatic heterocycles. The van der Waals surface area contributed by atoms with E-state index in [9.17, 15) is 24.0 Å². The maximum absolute atomic E-state index is 16.2. The van der Waals surface area contributed by atoms with Gasteiger partial charge in [-0.3, -0.25) is 19.2 Å². The monoisotopic (exact) mass is 872 g/mol. The molecule has 9 atom stereocenters. The van der Waals surface area contributed by atoms with Gasteiger partial charge in [0.15, 0.2) is 0 Å². The van der Waals surface area contributed by atoms with E-state index in [1.54, 1.807) is 59.9 Å². The third-order valence-corrected chi connectivity index (χ3v) is 13.0. The first-order valence-corrected chi connectivity index (χ1v) is 22.5. The lowest BCUT2D eigenvalue weighted by molar-refractivity contribution is -0.148. The highest BCUT2D eigenvalue weighted by atomic mass is 32.1. The highest BCUT2D eigenvalue weighted by Gasteiger charge is 2.49. The summed E-state index contributed by atoms with van der Waals surface area (Å²) in [6.07, 6.45) is 2.00. The molecule has 14 nitrogen and oxygen atoms in total. The number of thiazole rings is 1. The molecule has 0 spiro atoms. The van der Waals surface area contributed by atoms with Crippen molar-refractivity contribution in [3.05, 3.63) is 52.5 Å². The van der Waals surface area contributed by atoms with E-state index in [2.05, 4.69) is 15.6 Å². The molecular weight excluding hydrogens is 804 g/mol. The Hall–Kier alpha value is -4.15. The molecule has 2 fully saturated rings. The zero-order chi connectivity index (χ0) is 45.2. The molecule has 0 saturated carbocycles. The number of halogens is 1. The van der Waals surface area contributed by atoms with Gasteiger partial charge in [0, 0.05) is 52.4 Å². The van der Waals surface area contributed by atoms with Crippen LogP contribution in [0.3, 0.4) is 0 Å². The molecule has 2 saturated heterocycles. The maximum atomic E-state index is 16.2. The van der Waals surface area contributed by atoms with Crippen molar-refractivity contribution in [2.24, 2.45) is 17.8 Å². The molecule has 2 aliphatic heterocycles. The quantitative estimate of drug-likeness (QED) is 0.174. The first-order chi connectivity index (χ1) is 28.7. The van der Waals surface area contributed by atoms with Crippen molar-refractivity contribution in [3.63, 3.8) is 0 Å². The second kappa shape index (κ2) is 21.8. The van der Waals surface area contributed by atoms with E-state index >= 15 is 4.39 Å². The van der Waals surface area contributed by atoms with E-state index in [1.807, 2.05) is 56.5 Å². The van der Waals surface area contributed by atoms with Crippen LogP contribution in [-0.2, 0) is 39.8 Å². The predicted octanol–water partition coefficient (Wildman–Crippen LogP) is 5.95. The fraction of sp³-hybridized carbons (Fsp3) is 0.689. The first-order valence-electron chi connectivity index (χ1n) is 21.6. The lowest BCUT2D eigenvalue weighted by atomic mass is 9.89. The van der Waals surface area contributed by atoms with Crippen molar-refractivity contribution >= 4 is 41.1 Å². The number of likely N-dealkylation sites (tertiary alicyclic amines) is 2. The SMILES string of the molecule is CC[C@H](C)[C@@H]([C@@H](CC(=O)N1CCC[C@H]1[C@H](OC)[C@@H](C)C(=O)N[C@@H](Cc1ccccc1)c1nccs1)OC)N(C)C(=O)[C@@H](NC(=O)[C@@]1(F)CCN(C(=O)OC(C)(C)C)C1)C(C)C. The lowest BCUT2D eigenvalue weighted by Gasteiger charge is -2.41. The summed E-state index contributed by atoms with van der Waals surface area (Å²) < 4.78 is 33.6. The van der Waals surface area contributed by atoms with E-state index < -0.39 is 71.8 Å². The minimum absolute atomic E-state index is 0.00367. The van der Waals surface area contributed by atoms with Gasteiger partial charge < -0.3 is 39.5 Å². The van der Waals surface area contributed by atoms with Gasteiger partial charge in [0.05, 0.1) is 49.2 Å². The van der Waals surface area contributed by atoms with Crippen LogP contribution in [0.5, 0.6) is 0 Å². The summed E-state index contributed by atoms with van der Waals surface area (Å²) in [5.41, 5.74) is -2.12. The fourth-order valence-electron chi connectivity index (χ4n) is 8.51. The second-order valence-corrected chi connectivity index (χ2v) is 18.9. The Bertz CT molecular complexity index is 1760. The molecule has 2 aromatic rings. The predicted molar refractivity (Wildman–Crippen MR) is 232 cm³/mol. The molecule has 16 heteroatoms. The van der Waals surface area contributed by atoms with E-state index in [0.717, 1.165) is 17.0 Å². The van der Waals surface area contributed by atoms with Gasteiger partial charge in [0.25, 0.3) is 5.91 Å². The van der Waals surface area contributed by atoms with Gasteiger partial charge in [-0.05, 0) is 57.4 Å². The van der Waals surface area contributed by atoms with E-state index in [-0.39, 0.29) is 49.2 Å². The summed E-state index contributed by atoms with van der Waals surface area (Å²) in [7, 11) is 4.70. The number of rotatable bonds is 19. The Balaban J connectivity index is 1.46. The van der Waals surface area contributed by atoms with Crippen LogP contribution in [-0.4, -0.2) is 132 Å². The van der Waals surface area contributed by atoms with Crippen LogP contribution in [0.2, 0.25) is 0 Å². The van der Waals surface area contributed by atoms with Gasteiger partial charge in [-0.25, -0.2) is 14.2 Å². The van der Waals surface area contributed by atoms with Crippen LogP contribution in [0.15, 0.2) is 41.9 Å². The molecule has 0 aliphatic carbocycles. The number of likely N-dealkylation sites (N-methyl/N-ethyl adjacent to an activating group) is 1. The summed E-state index contributed by atoms with van der Waals surface area (Å²) in [5, 5.41) is 8.56.